The summed E-state index contributed by atoms with van der Waals surface area (Å²) >= 11 is 0. The van der Waals surface area contributed by atoms with Crippen molar-refractivity contribution >= 4 is 5.97 Å². The van der Waals surface area contributed by atoms with Crippen LogP contribution in [0.25, 0.3) is 0 Å². The average Bonchev–Trinajstić information content (AvgIpc) is 2.27. The van der Waals surface area contributed by atoms with Gasteiger partial charge in [-0.05, 0) is 26.2 Å². The number of methoxy groups -OCH3 is 2. The molecule has 0 unspecified atom stereocenters. The summed E-state index contributed by atoms with van der Waals surface area (Å²) in [5.41, 5.74) is 0.0736. The molecular weight excluding hydrogens is 196 g/mol. The number of allylic oxidation sites excluding steroid dienone is 2. The zero-order valence-corrected chi connectivity index (χ0v) is 9.41. The Morgan fingerprint density at radius 3 is 2.40 bits per heavy atom. The Bertz CT molecular complexity index is 253. The van der Waals surface area contributed by atoms with Gasteiger partial charge < -0.3 is 9.47 Å². The van der Waals surface area contributed by atoms with Crippen LogP contribution in [0.4, 0.5) is 0 Å². The Labute approximate surface area is 90.2 Å². The maximum Gasteiger partial charge on any atom is 0.341 e. The van der Waals surface area contributed by atoms with Gasteiger partial charge >= 0.3 is 11.9 Å². The highest BCUT2D eigenvalue weighted by molar-refractivity contribution is 5.88. The van der Waals surface area contributed by atoms with E-state index < -0.39 is 11.9 Å². The second-order valence-electron chi connectivity index (χ2n) is 2.92. The molecule has 0 atom stereocenters. The van der Waals surface area contributed by atoms with E-state index in [1.54, 1.807) is 0 Å². The van der Waals surface area contributed by atoms with Crippen LogP contribution in [0.15, 0.2) is 23.7 Å². The van der Waals surface area contributed by atoms with Gasteiger partial charge in [0.05, 0.1) is 14.2 Å². The van der Waals surface area contributed by atoms with Crippen molar-refractivity contribution in [1.29, 1.82) is 0 Å². The first-order valence-corrected chi connectivity index (χ1v) is 4.81. The largest absolute Gasteiger partial charge is 0.465 e. The van der Waals surface area contributed by atoms with Gasteiger partial charge in [0.1, 0.15) is 5.57 Å². The molecule has 0 aliphatic carbocycles. The van der Waals surface area contributed by atoms with E-state index in [9.17, 15) is 9.90 Å². The summed E-state index contributed by atoms with van der Waals surface area (Å²) in [5, 5.41) is 11.2. The van der Waals surface area contributed by atoms with Crippen molar-refractivity contribution in [3.8, 4) is 0 Å². The highest BCUT2D eigenvalue weighted by atomic mass is 16.6. The molecule has 0 saturated heterocycles. The van der Waals surface area contributed by atoms with Gasteiger partial charge in [0.2, 0.25) is 0 Å². The van der Waals surface area contributed by atoms with E-state index in [2.05, 4.69) is 9.47 Å². The van der Waals surface area contributed by atoms with E-state index in [4.69, 9.17) is 0 Å². The molecule has 0 rings (SSSR count). The van der Waals surface area contributed by atoms with Crippen molar-refractivity contribution in [3.63, 3.8) is 0 Å². The molecule has 0 saturated carbocycles. The van der Waals surface area contributed by atoms with Crippen LogP contribution in [-0.4, -0.2) is 20.2 Å². The normalized spacial score (nSPS) is 12.5. The Kier molecular flexibility index (Phi) is 7.14. The third-order valence-corrected chi connectivity index (χ3v) is 1.90. The summed E-state index contributed by atoms with van der Waals surface area (Å²) in [6.07, 6.45) is 5.84. The average molecular weight is 213 g/mol. The van der Waals surface area contributed by atoms with Gasteiger partial charge in [0, 0.05) is 0 Å². The lowest BCUT2D eigenvalue weighted by molar-refractivity contribution is -0.137. The van der Waals surface area contributed by atoms with Crippen LogP contribution >= 0.6 is 0 Å². The highest BCUT2D eigenvalue weighted by Gasteiger charge is 2.17. The summed E-state index contributed by atoms with van der Waals surface area (Å²) < 4.78 is 9.00. The monoisotopic (exact) mass is 213 g/mol. The van der Waals surface area contributed by atoms with Gasteiger partial charge in [0.25, 0.3) is 0 Å². The van der Waals surface area contributed by atoms with Crippen LogP contribution < -0.4 is 0 Å². The van der Waals surface area contributed by atoms with Gasteiger partial charge in [-0.15, -0.1) is 0 Å². The van der Waals surface area contributed by atoms with E-state index in [0.717, 1.165) is 12.8 Å². The van der Waals surface area contributed by atoms with Crippen LogP contribution in [0.5, 0.6) is 0 Å². The van der Waals surface area contributed by atoms with E-state index >= 15 is 0 Å². The number of hydrogen-bond acceptors (Lipinski definition) is 3. The number of hydrogen-bond donors (Lipinski definition) is 0. The Morgan fingerprint density at radius 2 is 1.93 bits per heavy atom. The molecule has 0 aromatic carbocycles. The number of ether oxygens (including phenoxy) is 2. The van der Waals surface area contributed by atoms with Crippen molar-refractivity contribution in [1.82, 2.24) is 0 Å². The molecule has 85 valence electrons. The molecule has 15 heavy (non-hydrogen) atoms. The minimum atomic E-state index is -0.609. The standard InChI is InChI=1S/C11H17O4/c1-4-5-6-7-8-9(10(12)14-2)11(13)15-3/h4-5H,6-8H2,1-3H3/b5-4+,10-9?. The predicted octanol–water partition coefficient (Wildman–Crippen LogP) is 2.19. The molecule has 4 nitrogen and oxygen atoms in total. The van der Waals surface area contributed by atoms with Gasteiger partial charge in [-0.3, -0.25) is 0 Å². The maximum absolute atomic E-state index is 11.2. The quantitative estimate of drug-likeness (QED) is 0.223. The number of unbranched alkanes of at least 4 members (excludes halogenated alkanes) is 1. The molecule has 0 aromatic rings. The van der Waals surface area contributed by atoms with Crippen LogP contribution in [0.1, 0.15) is 26.2 Å². The molecule has 0 aliphatic heterocycles. The fraction of sp³-hybridized carbons (Fsp3) is 0.545. The van der Waals surface area contributed by atoms with Gasteiger partial charge in [-0.1, -0.05) is 12.2 Å². The molecule has 0 spiro atoms. The molecule has 0 aliphatic rings. The third-order valence-electron chi connectivity index (χ3n) is 1.90. The molecule has 0 aromatic heterocycles. The third kappa shape index (κ3) is 5.10. The van der Waals surface area contributed by atoms with Crippen molar-refractivity contribution in [2.24, 2.45) is 0 Å². The van der Waals surface area contributed by atoms with E-state index in [1.807, 2.05) is 19.1 Å². The van der Waals surface area contributed by atoms with Crippen LogP contribution in [-0.2, 0) is 19.4 Å². The summed E-state index contributed by atoms with van der Waals surface area (Å²) in [6.45, 7) is 1.92. The predicted molar refractivity (Wildman–Crippen MR) is 55.4 cm³/mol. The summed E-state index contributed by atoms with van der Waals surface area (Å²) in [4.78, 5) is 11.2. The first-order chi connectivity index (χ1) is 7.17. The van der Waals surface area contributed by atoms with E-state index in [-0.39, 0.29) is 5.57 Å². The summed E-state index contributed by atoms with van der Waals surface area (Å²) in [7, 11) is 2.49. The molecule has 4 heteroatoms. The molecule has 0 fully saturated rings. The molecular formula is C11H17O4. The maximum atomic E-state index is 11.2. The second-order valence-corrected chi connectivity index (χ2v) is 2.92. The topological polar surface area (TPSA) is 55.4 Å². The molecule has 0 N–H and O–H groups in total. The van der Waals surface area contributed by atoms with Crippen LogP contribution in [0, 0.1) is 0 Å². The number of carbonyl (C=O) groups is 1. The minimum Gasteiger partial charge on any atom is -0.465 e. The lowest BCUT2D eigenvalue weighted by Gasteiger charge is -2.04. The molecule has 1 radical (unpaired) electrons. The van der Waals surface area contributed by atoms with Crippen molar-refractivity contribution in [3.05, 3.63) is 23.7 Å². The lowest BCUT2D eigenvalue weighted by Crippen LogP contribution is -2.08. The summed E-state index contributed by atoms with van der Waals surface area (Å²) in [6, 6.07) is 0. The SMILES string of the molecule is C/C=C/CCCC(C(=O)OC)=C([O])OC. The smallest absolute Gasteiger partial charge is 0.341 e. The zero-order valence-electron chi connectivity index (χ0n) is 9.41. The van der Waals surface area contributed by atoms with Crippen LogP contribution in [0.2, 0.25) is 0 Å². The number of carbonyl (C=O) groups excluding carboxylic acids is 1. The zero-order chi connectivity index (χ0) is 11.7. The van der Waals surface area contributed by atoms with E-state index in [0.29, 0.717) is 6.42 Å². The molecule has 0 bridgehead atoms. The van der Waals surface area contributed by atoms with Crippen molar-refractivity contribution in [2.45, 2.75) is 26.2 Å². The summed E-state index contributed by atoms with van der Waals surface area (Å²) in [5.74, 6) is -1.22. The Hall–Kier alpha value is -1.45. The first-order valence-electron chi connectivity index (χ1n) is 4.81. The van der Waals surface area contributed by atoms with Crippen molar-refractivity contribution < 1.29 is 19.4 Å². The van der Waals surface area contributed by atoms with Gasteiger partial charge in [0.15, 0.2) is 0 Å². The lowest BCUT2D eigenvalue weighted by atomic mass is 10.1. The van der Waals surface area contributed by atoms with Crippen LogP contribution in [0.3, 0.4) is 0 Å². The Balaban J connectivity index is 4.34. The van der Waals surface area contributed by atoms with Gasteiger partial charge in [-0.2, -0.15) is 0 Å². The highest BCUT2D eigenvalue weighted by Crippen LogP contribution is 2.14. The fourth-order valence-corrected chi connectivity index (χ4v) is 1.10. The van der Waals surface area contributed by atoms with E-state index in [1.165, 1.54) is 14.2 Å². The first kappa shape index (κ1) is 13.5. The minimum absolute atomic E-state index is 0.0736. The molecule has 0 heterocycles. The Morgan fingerprint density at radius 1 is 1.27 bits per heavy atom. The van der Waals surface area contributed by atoms with Gasteiger partial charge in [-0.25, -0.2) is 9.90 Å². The fourth-order valence-electron chi connectivity index (χ4n) is 1.10. The second kappa shape index (κ2) is 7.91. The number of rotatable bonds is 6. The molecule has 0 amide bonds. The van der Waals surface area contributed by atoms with Crippen molar-refractivity contribution in [2.75, 3.05) is 14.2 Å². The number of esters is 1.